The maximum Gasteiger partial charge on any atom is 0.127 e. The first kappa shape index (κ1) is 11.5. The summed E-state index contributed by atoms with van der Waals surface area (Å²) in [7, 11) is 1.99. The molecule has 2 aromatic heterocycles. The topological polar surface area (TPSA) is 47.7 Å². The lowest BCUT2D eigenvalue weighted by Gasteiger charge is -2.11. The maximum absolute atomic E-state index is 4.30. The molecule has 1 N–H and O–H groups in total. The second-order valence-electron chi connectivity index (χ2n) is 4.28. The van der Waals surface area contributed by atoms with Crippen LogP contribution in [0, 0.1) is 0 Å². The first-order valence-corrected chi connectivity index (χ1v) is 6.14. The highest BCUT2D eigenvalue weighted by Crippen LogP contribution is 2.19. The number of nitrogens with zero attached hydrogens (tertiary/aromatic N) is 4. The molecular weight excluding hydrogens is 238 g/mol. The fourth-order valence-electron chi connectivity index (χ4n) is 1.98. The van der Waals surface area contributed by atoms with Crippen LogP contribution in [0.1, 0.15) is 5.82 Å². The van der Waals surface area contributed by atoms with Crippen LogP contribution in [0.5, 0.6) is 0 Å². The number of imidazole rings is 1. The highest BCUT2D eigenvalue weighted by Gasteiger charge is 2.05. The Morgan fingerprint density at radius 2 is 2.00 bits per heavy atom. The monoisotopic (exact) mass is 253 g/mol. The minimum Gasteiger partial charge on any atom is -0.376 e. The minimum absolute atomic E-state index is 0.682. The molecule has 0 amide bonds. The number of anilines is 1. The SMILES string of the molecule is Cn1ccnc1CNc1ccccc1-n1cccn1. The van der Waals surface area contributed by atoms with Crippen LogP contribution in [0.2, 0.25) is 0 Å². The number of hydrogen-bond acceptors (Lipinski definition) is 3. The van der Waals surface area contributed by atoms with Crippen molar-refractivity contribution >= 4 is 5.69 Å². The van der Waals surface area contributed by atoms with Crippen LogP contribution in [-0.2, 0) is 13.6 Å². The summed E-state index contributed by atoms with van der Waals surface area (Å²) in [5.41, 5.74) is 2.07. The van der Waals surface area contributed by atoms with Crippen molar-refractivity contribution in [2.75, 3.05) is 5.32 Å². The van der Waals surface area contributed by atoms with E-state index in [1.807, 2.05) is 59.0 Å². The van der Waals surface area contributed by atoms with E-state index in [1.54, 1.807) is 12.4 Å². The second kappa shape index (κ2) is 4.97. The van der Waals surface area contributed by atoms with E-state index in [0.717, 1.165) is 17.2 Å². The molecule has 0 aliphatic heterocycles. The number of para-hydroxylation sites is 2. The van der Waals surface area contributed by atoms with Gasteiger partial charge in [0.1, 0.15) is 5.82 Å². The fourth-order valence-corrected chi connectivity index (χ4v) is 1.98. The zero-order valence-electron chi connectivity index (χ0n) is 10.7. The molecule has 1 aromatic carbocycles. The van der Waals surface area contributed by atoms with Crippen LogP contribution < -0.4 is 5.32 Å². The molecular formula is C14H15N5. The van der Waals surface area contributed by atoms with Gasteiger partial charge in [-0.05, 0) is 18.2 Å². The van der Waals surface area contributed by atoms with E-state index in [4.69, 9.17) is 0 Å². The van der Waals surface area contributed by atoms with E-state index in [1.165, 1.54) is 0 Å². The van der Waals surface area contributed by atoms with Gasteiger partial charge in [-0.25, -0.2) is 9.67 Å². The Morgan fingerprint density at radius 3 is 2.74 bits per heavy atom. The van der Waals surface area contributed by atoms with Crippen LogP contribution >= 0.6 is 0 Å². The van der Waals surface area contributed by atoms with Gasteiger partial charge in [0.2, 0.25) is 0 Å². The summed E-state index contributed by atoms with van der Waals surface area (Å²) in [6.45, 7) is 0.682. The molecule has 5 heteroatoms. The zero-order valence-corrected chi connectivity index (χ0v) is 10.7. The van der Waals surface area contributed by atoms with E-state index >= 15 is 0 Å². The van der Waals surface area contributed by atoms with Gasteiger partial charge in [-0.1, -0.05) is 12.1 Å². The Hall–Kier alpha value is -2.56. The molecule has 0 radical (unpaired) electrons. The lowest BCUT2D eigenvalue weighted by atomic mass is 10.2. The first-order valence-electron chi connectivity index (χ1n) is 6.14. The average molecular weight is 253 g/mol. The van der Waals surface area contributed by atoms with Gasteiger partial charge in [0, 0.05) is 31.8 Å². The summed E-state index contributed by atoms with van der Waals surface area (Å²) in [6.07, 6.45) is 7.45. The van der Waals surface area contributed by atoms with Crippen molar-refractivity contribution in [2.45, 2.75) is 6.54 Å². The summed E-state index contributed by atoms with van der Waals surface area (Å²) in [5.74, 6) is 0.996. The molecule has 0 atom stereocenters. The van der Waals surface area contributed by atoms with E-state index in [-0.39, 0.29) is 0 Å². The summed E-state index contributed by atoms with van der Waals surface area (Å²) in [6, 6.07) is 10.00. The number of rotatable bonds is 4. The third-order valence-corrected chi connectivity index (χ3v) is 3.01. The standard InChI is InChI=1S/C14H15N5/c1-18-10-8-15-14(18)11-16-12-5-2-3-6-13(12)19-9-4-7-17-19/h2-10,16H,11H2,1H3. The van der Waals surface area contributed by atoms with Gasteiger partial charge in [-0.2, -0.15) is 5.10 Å². The van der Waals surface area contributed by atoms with E-state index < -0.39 is 0 Å². The van der Waals surface area contributed by atoms with E-state index in [9.17, 15) is 0 Å². The van der Waals surface area contributed by atoms with Crippen molar-refractivity contribution < 1.29 is 0 Å². The minimum atomic E-state index is 0.682. The smallest absolute Gasteiger partial charge is 0.127 e. The molecule has 96 valence electrons. The number of aromatic nitrogens is 4. The van der Waals surface area contributed by atoms with Crippen LogP contribution in [0.4, 0.5) is 5.69 Å². The normalized spacial score (nSPS) is 10.6. The average Bonchev–Trinajstić information content (AvgIpc) is 3.08. The molecule has 0 aliphatic rings. The van der Waals surface area contributed by atoms with Crippen molar-refractivity contribution in [3.05, 3.63) is 60.9 Å². The van der Waals surface area contributed by atoms with Gasteiger partial charge < -0.3 is 9.88 Å². The predicted molar refractivity (Wildman–Crippen MR) is 74.1 cm³/mol. The Balaban J connectivity index is 1.84. The molecule has 3 rings (SSSR count). The van der Waals surface area contributed by atoms with Gasteiger partial charge in [0.25, 0.3) is 0 Å². The summed E-state index contributed by atoms with van der Waals surface area (Å²) in [5, 5.41) is 7.67. The van der Waals surface area contributed by atoms with E-state index in [0.29, 0.717) is 6.54 Å². The highest BCUT2D eigenvalue weighted by atomic mass is 15.3. The van der Waals surface area contributed by atoms with Crippen molar-refractivity contribution in [3.8, 4) is 5.69 Å². The molecule has 0 saturated heterocycles. The first-order chi connectivity index (χ1) is 9.34. The molecule has 0 saturated carbocycles. The van der Waals surface area contributed by atoms with Crippen molar-refractivity contribution in [1.82, 2.24) is 19.3 Å². The molecule has 0 spiro atoms. The van der Waals surface area contributed by atoms with E-state index in [2.05, 4.69) is 15.4 Å². The molecule has 19 heavy (non-hydrogen) atoms. The van der Waals surface area contributed by atoms with Crippen molar-refractivity contribution in [3.63, 3.8) is 0 Å². The molecule has 0 fully saturated rings. The Morgan fingerprint density at radius 1 is 1.11 bits per heavy atom. The fraction of sp³-hybridized carbons (Fsp3) is 0.143. The molecule has 0 bridgehead atoms. The molecule has 3 aromatic rings. The highest BCUT2D eigenvalue weighted by molar-refractivity contribution is 5.60. The van der Waals surface area contributed by atoms with Crippen LogP contribution in [0.25, 0.3) is 5.69 Å². The maximum atomic E-state index is 4.30. The molecule has 5 nitrogen and oxygen atoms in total. The van der Waals surface area contributed by atoms with Gasteiger partial charge in [0.05, 0.1) is 17.9 Å². The Labute approximate surface area is 111 Å². The second-order valence-corrected chi connectivity index (χ2v) is 4.28. The van der Waals surface area contributed by atoms with Gasteiger partial charge in [0.15, 0.2) is 0 Å². The van der Waals surface area contributed by atoms with Gasteiger partial charge in [-0.3, -0.25) is 0 Å². The summed E-state index contributed by atoms with van der Waals surface area (Å²) >= 11 is 0. The van der Waals surface area contributed by atoms with Crippen LogP contribution in [0.15, 0.2) is 55.1 Å². The third kappa shape index (κ3) is 2.35. The summed E-state index contributed by atoms with van der Waals surface area (Å²) < 4.78 is 3.85. The lowest BCUT2D eigenvalue weighted by molar-refractivity contribution is 0.810. The van der Waals surface area contributed by atoms with Crippen LogP contribution in [0.3, 0.4) is 0 Å². The number of benzene rings is 1. The number of hydrogen-bond donors (Lipinski definition) is 1. The summed E-state index contributed by atoms with van der Waals surface area (Å²) in [4.78, 5) is 4.30. The molecule has 2 heterocycles. The number of aryl methyl sites for hydroxylation is 1. The van der Waals surface area contributed by atoms with Gasteiger partial charge >= 0.3 is 0 Å². The third-order valence-electron chi connectivity index (χ3n) is 3.01. The van der Waals surface area contributed by atoms with Gasteiger partial charge in [-0.15, -0.1) is 0 Å². The largest absolute Gasteiger partial charge is 0.376 e. The van der Waals surface area contributed by atoms with Crippen molar-refractivity contribution in [1.29, 1.82) is 0 Å². The Kier molecular flexibility index (Phi) is 3.02. The quantitative estimate of drug-likeness (QED) is 0.775. The zero-order chi connectivity index (χ0) is 13.1. The molecule has 0 unspecified atom stereocenters. The molecule has 0 aliphatic carbocycles. The Bertz CT molecular complexity index is 654. The van der Waals surface area contributed by atoms with Crippen molar-refractivity contribution in [2.24, 2.45) is 7.05 Å². The van der Waals surface area contributed by atoms with Crippen LogP contribution in [-0.4, -0.2) is 19.3 Å². The number of nitrogens with one attached hydrogen (secondary N) is 1. The predicted octanol–water partition coefficient (Wildman–Crippen LogP) is 2.22. The lowest BCUT2D eigenvalue weighted by Crippen LogP contribution is -2.08.